The zero-order valence-corrected chi connectivity index (χ0v) is 22.7. The van der Waals surface area contributed by atoms with Gasteiger partial charge in [0.05, 0.1) is 19.6 Å². The Balaban J connectivity index is 1.49. The van der Waals surface area contributed by atoms with E-state index in [1.807, 2.05) is 78.9 Å². The maximum absolute atomic E-state index is 13.9. The Morgan fingerprint density at radius 2 is 1.62 bits per heavy atom. The monoisotopic (exact) mass is 555 g/mol. The molecular weight excluding hydrogens is 526 g/mol. The Bertz CT molecular complexity index is 1410. The molecule has 0 unspecified atom stereocenters. The van der Waals surface area contributed by atoms with Gasteiger partial charge in [0, 0.05) is 24.5 Å². The minimum Gasteiger partial charge on any atom is -0.333 e. The summed E-state index contributed by atoms with van der Waals surface area (Å²) in [5.74, 6) is 2.14. The molecule has 1 N–H and O–H groups in total. The van der Waals surface area contributed by atoms with E-state index in [2.05, 4.69) is 11.2 Å². The Morgan fingerprint density at radius 1 is 0.950 bits per heavy atom. The van der Waals surface area contributed by atoms with E-state index in [4.69, 9.17) is 18.0 Å². The van der Waals surface area contributed by atoms with Gasteiger partial charge < -0.3 is 15.1 Å². The lowest BCUT2D eigenvalue weighted by atomic mass is 9.98. The molecule has 40 heavy (non-hydrogen) atoms. The highest BCUT2D eigenvalue weighted by Gasteiger charge is 2.51. The Labute approximate surface area is 239 Å². The summed E-state index contributed by atoms with van der Waals surface area (Å²) in [4.78, 5) is 44.5. The normalized spacial score (nSPS) is 19.2. The molecule has 2 aliphatic rings. The fourth-order valence-electron chi connectivity index (χ4n) is 5.33. The Hall–Kier alpha value is -4.32. The van der Waals surface area contributed by atoms with Crippen molar-refractivity contribution in [3.8, 4) is 12.3 Å². The Kier molecular flexibility index (Phi) is 8.34. The minimum atomic E-state index is -0.787. The number of halogens is 1. The molecule has 2 heterocycles. The van der Waals surface area contributed by atoms with Gasteiger partial charge in [-0.2, -0.15) is 5.01 Å². The molecule has 0 spiro atoms. The van der Waals surface area contributed by atoms with Crippen LogP contribution >= 0.6 is 11.6 Å². The summed E-state index contributed by atoms with van der Waals surface area (Å²) in [6.07, 6.45) is 5.23. The van der Waals surface area contributed by atoms with Gasteiger partial charge in [-0.05, 0) is 28.8 Å². The zero-order valence-electron chi connectivity index (χ0n) is 21.9. The molecule has 0 bridgehead atoms. The van der Waals surface area contributed by atoms with Crippen LogP contribution in [-0.2, 0) is 29.1 Å². The molecule has 8 nitrogen and oxygen atoms in total. The molecule has 0 aliphatic carbocycles. The van der Waals surface area contributed by atoms with Gasteiger partial charge in [-0.15, -0.1) is 6.42 Å². The summed E-state index contributed by atoms with van der Waals surface area (Å²) in [5.41, 5.74) is 2.71. The van der Waals surface area contributed by atoms with E-state index in [-0.39, 0.29) is 38.0 Å². The Morgan fingerprint density at radius 3 is 2.30 bits per heavy atom. The number of carbonyl (C=O) groups excluding carboxylic acids is 3. The highest BCUT2D eigenvalue weighted by molar-refractivity contribution is 6.30. The summed E-state index contributed by atoms with van der Waals surface area (Å²) in [6, 6.07) is 25.3. The number of hydrogen-bond donors (Lipinski definition) is 1. The van der Waals surface area contributed by atoms with Crippen molar-refractivity contribution in [2.45, 2.75) is 31.7 Å². The summed E-state index contributed by atoms with van der Waals surface area (Å²) in [5, 5.41) is 6.63. The molecule has 2 aliphatic heterocycles. The van der Waals surface area contributed by atoms with E-state index in [0.29, 0.717) is 18.0 Å². The van der Waals surface area contributed by atoms with Gasteiger partial charge in [-0.1, -0.05) is 90.3 Å². The summed E-state index contributed by atoms with van der Waals surface area (Å²) >= 11 is 6.23. The van der Waals surface area contributed by atoms with Gasteiger partial charge in [0.15, 0.2) is 0 Å². The van der Waals surface area contributed by atoms with Crippen LogP contribution in [0.3, 0.4) is 0 Å². The molecule has 3 aromatic rings. The molecule has 2 fully saturated rings. The zero-order chi connectivity index (χ0) is 28.1. The number of hydrogen-bond acceptors (Lipinski definition) is 4. The van der Waals surface area contributed by atoms with Crippen LogP contribution in [0.4, 0.5) is 4.79 Å². The van der Waals surface area contributed by atoms with Gasteiger partial charge in [0.1, 0.15) is 12.2 Å². The number of hydrazine groups is 1. The lowest BCUT2D eigenvalue weighted by molar-refractivity contribution is -0.189. The average molecular weight is 556 g/mol. The van der Waals surface area contributed by atoms with E-state index in [1.165, 1.54) is 5.01 Å². The van der Waals surface area contributed by atoms with Crippen molar-refractivity contribution >= 4 is 29.4 Å². The van der Waals surface area contributed by atoms with E-state index >= 15 is 0 Å². The number of nitrogens with one attached hydrogen (secondary N) is 1. The molecule has 9 heteroatoms. The van der Waals surface area contributed by atoms with Crippen LogP contribution in [0.5, 0.6) is 0 Å². The molecule has 3 aromatic carbocycles. The molecule has 0 radical (unpaired) electrons. The second-order valence-corrected chi connectivity index (χ2v) is 10.3. The molecule has 2 saturated heterocycles. The number of urea groups is 1. The SMILES string of the molecule is C#CCN1CC(=O)N2[C@@H](Cc3ccccc3)C(=O)N(Cc3cccc(Cl)c3)C[C@@H]2N1C(=O)NCc1ccccc1. The first kappa shape index (κ1) is 27.3. The standard InChI is InChI=1S/C31H30ClN5O3/c1-2-16-35-22-29(38)36-27(18-23-10-5-3-6-11-23)30(39)34(20-25-14-9-15-26(32)17-25)21-28(36)37(35)31(40)33-19-24-12-7-4-8-13-24/h1,3-15,17,27-28H,16,18-22H2,(H,33,40)/t27-,28-/m0/s1. The van der Waals surface area contributed by atoms with E-state index in [9.17, 15) is 14.4 Å². The van der Waals surface area contributed by atoms with Gasteiger partial charge in [0.25, 0.3) is 0 Å². The highest BCUT2D eigenvalue weighted by atomic mass is 35.5. The minimum absolute atomic E-state index is 0.0699. The second kappa shape index (κ2) is 12.2. The number of amides is 4. The van der Waals surface area contributed by atoms with Gasteiger partial charge >= 0.3 is 6.03 Å². The topological polar surface area (TPSA) is 76.2 Å². The smallest absolute Gasteiger partial charge is 0.333 e. The number of rotatable bonds is 7. The number of carbonyl (C=O) groups is 3. The fourth-order valence-corrected chi connectivity index (χ4v) is 5.54. The first-order valence-corrected chi connectivity index (χ1v) is 13.5. The highest BCUT2D eigenvalue weighted by Crippen LogP contribution is 2.29. The lowest BCUT2D eigenvalue weighted by Gasteiger charge is -2.55. The molecule has 4 amide bonds. The maximum Gasteiger partial charge on any atom is 0.334 e. The average Bonchev–Trinajstić information content (AvgIpc) is 2.95. The van der Waals surface area contributed by atoms with Crippen molar-refractivity contribution in [2.75, 3.05) is 19.6 Å². The van der Waals surface area contributed by atoms with Crippen molar-refractivity contribution in [3.63, 3.8) is 0 Å². The quantitative estimate of drug-likeness (QED) is 0.453. The van der Waals surface area contributed by atoms with Gasteiger partial charge in [0.2, 0.25) is 11.8 Å². The van der Waals surface area contributed by atoms with Crippen LogP contribution in [0.2, 0.25) is 5.02 Å². The fraction of sp³-hybridized carbons (Fsp3) is 0.258. The van der Waals surface area contributed by atoms with Crippen molar-refractivity contribution in [1.29, 1.82) is 0 Å². The van der Waals surface area contributed by atoms with Gasteiger partial charge in [-0.3, -0.25) is 9.59 Å². The molecule has 5 rings (SSSR count). The van der Waals surface area contributed by atoms with Gasteiger partial charge in [-0.25, -0.2) is 9.80 Å². The number of fused-ring (bicyclic) bond motifs is 1. The number of piperazine rings is 1. The summed E-state index contributed by atoms with van der Waals surface area (Å²) in [6.45, 7) is 0.687. The predicted molar refractivity (Wildman–Crippen MR) is 152 cm³/mol. The third-order valence-electron chi connectivity index (χ3n) is 7.13. The van der Waals surface area contributed by atoms with E-state index in [1.54, 1.807) is 20.9 Å². The van der Waals surface area contributed by atoms with Crippen LogP contribution in [0.15, 0.2) is 84.9 Å². The first-order valence-electron chi connectivity index (χ1n) is 13.1. The van der Waals surface area contributed by atoms with E-state index < -0.39 is 18.2 Å². The van der Waals surface area contributed by atoms with Crippen LogP contribution < -0.4 is 5.32 Å². The lowest BCUT2D eigenvalue weighted by Crippen LogP contribution is -2.76. The molecule has 0 aromatic heterocycles. The molecule has 204 valence electrons. The predicted octanol–water partition coefficient (Wildman–Crippen LogP) is 3.52. The summed E-state index contributed by atoms with van der Waals surface area (Å²) < 4.78 is 0. The van der Waals surface area contributed by atoms with Crippen LogP contribution in [0.1, 0.15) is 16.7 Å². The van der Waals surface area contributed by atoms with Crippen molar-refractivity contribution in [2.24, 2.45) is 0 Å². The molecule has 2 atom stereocenters. The van der Waals surface area contributed by atoms with Crippen LogP contribution in [-0.4, -0.2) is 69.5 Å². The van der Waals surface area contributed by atoms with Crippen molar-refractivity contribution < 1.29 is 14.4 Å². The molecule has 0 saturated carbocycles. The van der Waals surface area contributed by atoms with E-state index in [0.717, 1.165) is 16.7 Å². The van der Waals surface area contributed by atoms with Crippen molar-refractivity contribution in [1.82, 2.24) is 25.1 Å². The second-order valence-electron chi connectivity index (χ2n) is 9.85. The number of nitrogens with zero attached hydrogens (tertiary/aromatic N) is 4. The maximum atomic E-state index is 13.9. The third-order valence-corrected chi connectivity index (χ3v) is 7.37. The van der Waals surface area contributed by atoms with Crippen LogP contribution in [0, 0.1) is 12.3 Å². The third kappa shape index (κ3) is 5.96. The first-order chi connectivity index (χ1) is 19.4. The summed E-state index contributed by atoms with van der Waals surface area (Å²) in [7, 11) is 0. The number of benzene rings is 3. The number of terminal acetylenes is 1. The largest absolute Gasteiger partial charge is 0.334 e. The molecular formula is C31H30ClN5O3. The van der Waals surface area contributed by atoms with Crippen LogP contribution in [0.25, 0.3) is 0 Å². The van der Waals surface area contributed by atoms with Crippen molar-refractivity contribution in [3.05, 3.63) is 107 Å².